The highest BCUT2D eigenvalue weighted by Gasteiger charge is 2.16. The van der Waals surface area contributed by atoms with Gasteiger partial charge in [0.25, 0.3) is 0 Å². The summed E-state index contributed by atoms with van der Waals surface area (Å²) in [5, 5.41) is 1.72. The summed E-state index contributed by atoms with van der Waals surface area (Å²) in [6.45, 7) is 0. The molecule has 0 spiro atoms. The number of rotatable bonds is 1. The Labute approximate surface area is 43.7 Å². The molecule has 1 radical (unpaired) electrons. The van der Waals surface area contributed by atoms with Gasteiger partial charge in [0.15, 0.2) is 0 Å². The molecular weight excluding hydrogens is 92.1 g/mol. The van der Waals surface area contributed by atoms with Crippen LogP contribution in [0.25, 0.3) is 0 Å². The van der Waals surface area contributed by atoms with Crippen molar-refractivity contribution in [3.8, 4) is 0 Å². The van der Waals surface area contributed by atoms with Crippen molar-refractivity contribution >= 4 is 12.6 Å². The molecular formula is C5H7S. The molecule has 0 aromatic heterocycles. The zero-order chi connectivity index (χ0) is 4.41. The molecule has 1 fully saturated rings. The van der Waals surface area contributed by atoms with Gasteiger partial charge in [-0.2, -0.15) is 0 Å². The summed E-state index contributed by atoms with van der Waals surface area (Å²) >= 11 is 4.59. The minimum atomic E-state index is 0.863. The number of hydrogen-bond donors (Lipinski definition) is 0. The van der Waals surface area contributed by atoms with E-state index in [2.05, 4.69) is 18.7 Å². The predicted molar refractivity (Wildman–Crippen MR) is 29.5 cm³/mol. The number of allylic oxidation sites excluding steroid dienone is 1. The summed E-state index contributed by atoms with van der Waals surface area (Å²) in [4.78, 5) is 0. The molecule has 0 aromatic carbocycles. The van der Waals surface area contributed by atoms with Crippen LogP contribution in [0.4, 0.5) is 0 Å². The van der Waals surface area contributed by atoms with Crippen LogP contribution < -0.4 is 0 Å². The molecule has 0 aliphatic heterocycles. The van der Waals surface area contributed by atoms with Crippen molar-refractivity contribution in [1.82, 2.24) is 0 Å². The van der Waals surface area contributed by atoms with Crippen LogP contribution in [0, 0.1) is 5.92 Å². The summed E-state index contributed by atoms with van der Waals surface area (Å²) in [6, 6.07) is 0. The van der Waals surface area contributed by atoms with E-state index in [4.69, 9.17) is 0 Å². The first-order chi connectivity index (χ1) is 2.93. The fourth-order valence-corrected chi connectivity index (χ4v) is 0.622. The highest BCUT2D eigenvalue weighted by molar-refractivity contribution is 7.83. The standard InChI is InChI=1S/C5H7S/c6-4-3-5-1-2-5/h3-5H,1-2H2. The minimum Gasteiger partial charge on any atom is -0.0891 e. The van der Waals surface area contributed by atoms with Crippen LogP contribution in [0.1, 0.15) is 12.8 Å². The lowest BCUT2D eigenvalue weighted by Gasteiger charge is -1.67. The van der Waals surface area contributed by atoms with Gasteiger partial charge in [-0.3, -0.25) is 0 Å². The topological polar surface area (TPSA) is 0 Å². The molecule has 1 rings (SSSR count). The van der Waals surface area contributed by atoms with Gasteiger partial charge in [-0.05, 0) is 24.2 Å². The van der Waals surface area contributed by atoms with Gasteiger partial charge in [0.05, 0.1) is 0 Å². The van der Waals surface area contributed by atoms with E-state index in [0.717, 1.165) is 5.92 Å². The SMILES string of the molecule is [S]C=CC1CC1. The van der Waals surface area contributed by atoms with Gasteiger partial charge in [0, 0.05) is 0 Å². The third-order valence-corrected chi connectivity index (χ3v) is 1.13. The average molecular weight is 99.2 g/mol. The Morgan fingerprint density at radius 1 is 1.50 bits per heavy atom. The normalized spacial score (nSPS) is 22.7. The first-order valence-corrected chi connectivity index (χ1v) is 2.69. The van der Waals surface area contributed by atoms with Crippen molar-refractivity contribution in [1.29, 1.82) is 0 Å². The molecule has 1 aliphatic carbocycles. The Morgan fingerprint density at radius 3 is 2.33 bits per heavy atom. The Hall–Kier alpha value is -0.0400. The van der Waals surface area contributed by atoms with Crippen LogP contribution in [0.3, 0.4) is 0 Å². The molecule has 1 heteroatoms. The van der Waals surface area contributed by atoms with Crippen molar-refractivity contribution in [2.24, 2.45) is 5.92 Å². The fourth-order valence-electron chi connectivity index (χ4n) is 0.400. The first kappa shape index (κ1) is 4.13. The summed E-state index contributed by atoms with van der Waals surface area (Å²) < 4.78 is 0. The van der Waals surface area contributed by atoms with E-state index in [0.29, 0.717) is 0 Å². The quantitative estimate of drug-likeness (QED) is 0.472. The highest BCUT2D eigenvalue weighted by atomic mass is 32.1. The second-order valence-corrected chi connectivity index (χ2v) is 1.94. The van der Waals surface area contributed by atoms with Gasteiger partial charge in [0.2, 0.25) is 0 Å². The van der Waals surface area contributed by atoms with Crippen LogP contribution in [-0.4, -0.2) is 0 Å². The third-order valence-electron chi connectivity index (χ3n) is 0.973. The predicted octanol–water partition coefficient (Wildman–Crippen LogP) is 2.11. The van der Waals surface area contributed by atoms with Gasteiger partial charge < -0.3 is 0 Å². The maximum Gasteiger partial charge on any atom is -0.00237 e. The molecule has 0 saturated heterocycles. The van der Waals surface area contributed by atoms with Gasteiger partial charge in [-0.1, -0.05) is 18.7 Å². The van der Waals surface area contributed by atoms with Gasteiger partial charge >= 0.3 is 0 Å². The van der Waals surface area contributed by atoms with Gasteiger partial charge in [-0.15, -0.1) is 0 Å². The first-order valence-electron chi connectivity index (χ1n) is 2.22. The van der Waals surface area contributed by atoms with Crippen LogP contribution >= 0.6 is 12.6 Å². The molecule has 0 amide bonds. The summed E-state index contributed by atoms with van der Waals surface area (Å²) in [7, 11) is 0. The van der Waals surface area contributed by atoms with E-state index in [1.165, 1.54) is 12.8 Å². The van der Waals surface area contributed by atoms with Crippen molar-refractivity contribution < 1.29 is 0 Å². The van der Waals surface area contributed by atoms with Crippen LogP contribution in [0.2, 0.25) is 0 Å². The second-order valence-electron chi connectivity index (χ2n) is 1.67. The molecule has 0 atom stereocenters. The Morgan fingerprint density at radius 2 is 2.17 bits per heavy atom. The lowest BCUT2D eigenvalue weighted by Crippen LogP contribution is -1.53. The summed E-state index contributed by atoms with van der Waals surface area (Å²) in [6.07, 6.45) is 4.83. The van der Waals surface area contributed by atoms with E-state index in [1.807, 2.05) is 0 Å². The summed E-state index contributed by atoms with van der Waals surface area (Å²) in [5.74, 6) is 0.863. The molecule has 0 N–H and O–H groups in total. The van der Waals surface area contributed by atoms with E-state index >= 15 is 0 Å². The maximum atomic E-state index is 4.59. The van der Waals surface area contributed by atoms with Crippen LogP contribution in [0.5, 0.6) is 0 Å². The van der Waals surface area contributed by atoms with Crippen LogP contribution in [0.15, 0.2) is 11.5 Å². The van der Waals surface area contributed by atoms with E-state index in [9.17, 15) is 0 Å². The zero-order valence-electron chi connectivity index (χ0n) is 3.55. The van der Waals surface area contributed by atoms with Crippen molar-refractivity contribution in [3.05, 3.63) is 11.5 Å². The van der Waals surface area contributed by atoms with Gasteiger partial charge in [-0.25, -0.2) is 0 Å². The van der Waals surface area contributed by atoms with E-state index < -0.39 is 0 Å². The molecule has 0 nitrogen and oxygen atoms in total. The lowest BCUT2D eigenvalue weighted by molar-refractivity contribution is 1.13. The second kappa shape index (κ2) is 1.61. The monoisotopic (exact) mass is 99.0 g/mol. The lowest BCUT2D eigenvalue weighted by atomic mass is 10.4. The fraction of sp³-hybridized carbons (Fsp3) is 0.600. The van der Waals surface area contributed by atoms with Gasteiger partial charge in [0.1, 0.15) is 0 Å². The minimum absolute atomic E-state index is 0.863. The molecule has 33 valence electrons. The smallest absolute Gasteiger partial charge is 0.00237 e. The summed E-state index contributed by atoms with van der Waals surface area (Å²) in [5.41, 5.74) is 0. The van der Waals surface area contributed by atoms with Crippen molar-refractivity contribution in [2.75, 3.05) is 0 Å². The van der Waals surface area contributed by atoms with Crippen molar-refractivity contribution in [2.45, 2.75) is 12.8 Å². The molecule has 6 heavy (non-hydrogen) atoms. The van der Waals surface area contributed by atoms with E-state index in [-0.39, 0.29) is 0 Å². The van der Waals surface area contributed by atoms with Crippen molar-refractivity contribution in [3.63, 3.8) is 0 Å². The molecule has 0 unspecified atom stereocenters. The molecule has 0 bridgehead atoms. The molecule has 0 aromatic rings. The van der Waals surface area contributed by atoms with Crippen LogP contribution in [-0.2, 0) is 0 Å². The highest BCUT2D eigenvalue weighted by Crippen LogP contribution is 2.29. The molecule has 0 heterocycles. The Kier molecular flexibility index (Phi) is 1.10. The molecule has 1 saturated carbocycles. The maximum absolute atomic E-state index is 4.59. The average Bonchev–Trinajstić information content (AvgIpc) is 2.21. The zero-order valence-corrected chi connectivity index (χ0v) is 4.37. The number of hydrogen-bond acceptors (Lipinski definition) is 0. The Balaban J connectivity index is 2.15. The molecule has 1 aliphatic rings. The third kappa shape index (κ3) is 0.977. The van der Waals surface area contributed by atoms with E-state index in [1.54, 1.807) is 5.41 Å². The largest absolute Gasteiger partial charge is 0.0891 e. The Bertz CT molecular complexity index is 62.3.